The molecule has 1 aliphatic rings. The lowest BCUT2D eigenvalue weighted by Crippen LogP contribution is -2.14. The van der Waals surface area contributed by atoms with E-state index >= 15 is 0 Å². The Kier molecular flexibility index (Phi) is 5.33. The van der Waals surface area contributed by atoms with Crippen molar-refractivity contribution in [3.05, 3.63) is 77.6 Å². The molecule has 0 radical (unpaired) electrons. The number of rotatable bonds is 6. The van der Waals surface area contributed by atoms with Gasteiger partial charge in [-0.1, -0.05) is 24.3 Å². The van der Waals surface area contributed by atoms with Crippen LogP contribution in [-0.2, 0) is 6.54 Å². The molecule has 8 nitrogen and oxygen atoms in total. The molecular weight excluding hydrogens is 366 g/mol. The summed E-state index contributed by atoms with van der Waals surface area (Å²) in [5.74, 6) is 0.349. The van der Waals surface area contributed by atoms with E-state index in [4.69, 9.17) is 5.73 Å². The van der Waals surface area contributed by atoms with Crippen molar-refractivity contribution in [1.29, 1.82) is 0 Å². The van der Waals surface area contributed by atoms with Crippen LogP contribution in [0, 0.1) is 0 Å². The quantitative estimate of drug-likeness (QED) is 0.483. The molecular formula is C21H21N7O. The van der Waals surface area contributed by atoms with Crippen molar-refractivity contribution in [1.82, 2.24) is 15.4 Å². The van der Waals surface area contributed by atoms with Gasteiger partial charge in [-0.15, -0.1) is 0 Å². The number of nitrogens with two attached hydrogens (primary N) is 1. The number of benzene rings is 2. The Morgan fingerprint density at radius 3 is 2.72 bits per heavy atom. The molecule has 2 heterocycles. The van der Waals surface area contributed by atoms with E-state index in [-0.39, 0.29) is 11.9 Å². The average molecular weight is 387 g/mol. The lowest BCUT2D eigenvalue weighted by Gasteiger charge is -2.11. The number of amides is 1. The summed E-state index contributed by atoms with van der Waals surface area (Å²) in [6.07, 6.45) is 4.38. The van der Waals surface area contributed by atoms with Crippen molar-refractivity contribution >= 4 is 29.4 Å². The highest BCUT2D eigenvalue weighted by atomic mass is 16.1. The van der Waals surface area contributed by atoms with Crippen molar-refractivity contribution < 1.29 is 4.79 Å². The number of nitrogens with zero attached hydrogens (tertiary/aromatic N) is 3. The number of carbonyl (C=O) groups is 1. The van der Waals surface area contributed by atoms with Gasteiger partial charge >= 0.3 is 0 Å². The molecule has 0 saturated carbocycles. The maximum Gasteiger partial charge on any atom is 0.255 e. The van der Waals surface area contributed by atoms with Crippen molar-refractivity contribution in [2.45, 2.75) is 19.0 Å². The fourth-order valence-electron chi connectivity index (χ4n) is 2.95. The van der Waals surface area contributed by atoms with Crippen LogP contribution in [0.1, 0.15) is 34.1 Å². The molecule has 2 aromatic carbocycles. The number of para-hydroxylation sites is 2. The third-order valence-corrected chi connectivity index (χ3v) is 4.57. The number of nitrogens with one attached hydrogen (secondary N) is 3. The van der Waals surface area contributed by atoms with Crippen LogP contribution < -0.4 is 21.8 Å². The maximum atomic E-state index is 12.4. The van der Waals surface area contributed by atoms with E-state index in [0.29, 0.717) is 29.4 Å². The van der Waals surface area contributed by atoms with Gasteiger partial charge in [0.1, 0.15) is 0 Å². The molecule has 3 aromatic rings. The molecule has 146 valence electrons. The molecule has 1 aromatic heterocycles. The second-order valence-electron chi connectivity index (χ2n) is 6.63. The summed E-state index contributed by atoms with van der Waals surface area (Å²) in [6.45, 7) is 0.547. The van der Waals surface area contributed by atoms with Crippen molar-refractivity contribution in [2.24, 2.45) is 5.10 Å². The van der Waals surface area contributed by atoms with Gasteiger partial charge < -0.3 is 21.8 Å². The topological polar surface area (TPSA) is 117 Å². The molecule has 0 bridgehead atoms. The summed E-state index contributed by atoms with van der Waals surface area (Å²) in [4.78, 5) is 21.2. The second kappa shape index (κ2) is 8.39. The molecule has 5 N–H and O–H groups in total. The number of nitrogen functional groups attached to an aromatic ring is 1. The Hall–Kier alpha value is -3.94. The number of aromatic nitrogens is 2. The first-order chi connectivity index (χ1) is 14.2. The molecule has 4 rings (SSSR count). The second-order valence-corrected chi connectivity index (χ2v) is 6.63. The van der Waals surface area contributed by atoms with E-state index in [0.717, 1.165) is 17.7 Å². The highest BCUT2D eigenvalue weighted by Crippen LogP contribution is 2.19. The Morgan fingerprint density at radius 1 is 1.14 bits per heavy atom. The van der Waals surface area contributed by atoms with Gasteiger partial charge in [-0.25, -0.2) is 9.97 Å². The van der Waals surface area contributed by atoms with E-state index in [2.05, 4.69) is 31.1 Å². The molecule has 8 heteroatoms. The zero-order chi connectivity index (χ0) is 20.1. The predicted molar refractivity (Wildman–Crippen MR) is 114 cm³/mol. The smallest absolute Gasteiger partial charge is 0.255 e. The monoisotopic (exact) mass is 387 g/mol. The fraction of sp³-hybridized carbons (Fsp3) is 0.143. The maximum absolute atomic E-state index is 12.4. The van der Waals surface area contributed by atoms with Crippen molar-refractivity contribution in [3.63, 3.8) is 0 Å². The highest BCUT2D eigenvalue weighted by Gasteiger charge is 2.15. The zero-order valence-electron chi connectivity index (χ0n) is 15.7. The number of hydrazone groups is 1. The SMILES string of the molecule is Nc1ccccc1NC(=O)c1ccc(CNc2nccc(C3CC=NN3)n2)cc1. The van der Waals surface area contributed by atoms with Gasteiger partial charge in [0, 0.05) is 30.9 Å². The minimum atomic E-state index is -0.204. The first kappa shape index (κ1) is 18.4. The Balaban J connectivity index is 1.35. The molecule has 29 heavy (non-hydrogen) atoms. The molecule has 0 aliphatic carbocycles. The molecule has 1 atom stereocenters. The fourth-order valence-corrected chi connectivity index (χ4v) is 2.95. The zero-order valence-corrected chi connectivity index (χ0v) is 15.7. The highest BCUT2D eigenvalue weighted by molar-refractivity contribution is 6.05. The average Bonchev–Trinajstić information content (AvgIpc) is 3.29. The van der Waals surface area contributed by atoms with Gasteiger partial charge in [-0.2, -0.15) is 5.10 Å². The normalized spacial score (nSPS) is 15.0. The minimum Gasteiger partial charge on any atom is -0.397 e. The van der Waals surface area contributed by atoms with Gasteiger partial charge in [-0.05, 0) is 35.9 Å². The summed E-state index contributed by atoms with van der Waals surface area (Å²) in [5.41, 5.74) is 12.5. The third kappa shape index (κ3) is 4.49. The summed E-state index contributed by atoms with van der Waals surface area (Å²) in [7, 11) is 0. The summed E-state index contributed by atoms with van der Waals surface area (Å²) < 4.78 is 0. The summed E-state index contributed by atoms with van der Waals surface area (Å²) >= 11 is 0. The van der Waals surface area contributed by atoms with E-state index < -0.39 is 0 Å². The predicted octanol–water partition coefficient (Wildman–Crippen LogP) is 2.94. The summed E-state index contributed by atoms with van der Waals surface area (Å²) in [6, 6.07) is 16.5. The number of anilines is 3. The number of hydrogen-bond donors (Lipinski definition) is 4. The van der Waals surface area contributed by atoms with Crippen LogP contribution in [0.15, 0.2) is 65.9 Å². The van der Waals surface area contributed by atoms with Crippen LogP contribution >= 0.6 is 0 Å². The first-order valence-electron chi connectivity index (χ1n) is 9.28. The number of hydrogen-bond acceptors (Lipinski definition) is 7. The van der Waals surface area contributed by atoms with Crippen LogP contribution in [0.3, 0.4) is 0 Å². The van der Waals surface area contributed by atoms with Gasteiger partial charge in [0.2, 0.25) is 5.95 Å². The first-order valence-corrected chi connectivity index (χ1v) is 9.28. The van der Waals surface area contributed by atoms with Gasteiger partial charge in [0.05, 0.1) is 23.1 Å². The summed E-state index contributed by atoms with van der Waals surface area (Å²) in [5, 5.41) is 10.1. The van der Waals surface area contributed by atoms with Gasteiger partial charge in [-0.3, -0.25) is 4.79 Å². The largest absolute Gasteiger partial charge is 0.397 e. The lowest BCUT2D eigenvalue weighted by atomic mass is 10.1. The van der Waals surface area contributed by atoms with E-state index in [1.807, 2.05) is 36.5 Å². The molecule has 1 aliphatic heterocycles. The van der Waals surface area contributed by atoms with Crippen LogP contribution in [0.25, 0.3) is 0 Å². The van der Waals surface area contributed by atoms with E-state index in [1.54, 1.807) is 30.5 Å². The minimum absolute atomic E-state index is 0.0926. The Bertz CT molecular complexity index is 1030. The van der Waals surface area contributed by atoms with Crippen LogP contribution in [-0.4, -0.2) is 22.1 Å². The van der Waals surface area contributed by atoms with Crippen LogP contribution in [0.4, 0.5) is 17.3 Å². The van der Waals surface area contributed by atoms with Gasteiger partial charge in [0.15, 0.2) is 0 Å². The Labute approximate surface area is 168 Å². The molecule has 1 amide bonds. The van der Waals surface area contributed by atoms with Crippen LogP contribution in [0.2, 0.25) is 0 Å². The number of carbonyl (C=O) groups excluding carboxylic acids is 1. The van der Waals surface area contributed by atoms with Crippen LogP contribution in [0.5, 0.6) is 0 Å². The van der Waals surface area contributed by atoms with E-state index in [1.165, 1.54) is 0 Å². The lowest BCUT2D eigenvalue weighted by molar-refractivity contribution is 0.102. The van der Waals surface area contributed by atoms with Crippen molar-refractivity contribution in [3.8, 4) is 0 Å². The third-order valence-electron chi connectivity index (χ3n) is 4.57. The molecule has 0 spiro atoms. The Morgan fingerprint density at radius 2 is 1.97 bits per heavy atom. The molecule has 1 unspecified atom stereocenters. The van der Waals surface area contributed by atoms with E-state index in [9.17, 15) is 4.79 Å². The molecule has 0 saturated heterocycles. The standard InChI is InChI=1S/C21H21N7O/c22-16-3-1-2-4-17(16)26-20(29)15-7-5-14(6-8-15)13-24-21-23-11-9-18(27-21)19-10-12-25-28-19/h1-9,11-12,19,28H,10,13,22H2,(H,26,29)(H,23,24,27). The van der Waals surface area contributed by atoms with Gasteiger partial charge in [0.25, 0.3) is 5.91 Å². The van der Waals surface area contributed by atoms with Crippen molar-refractivity contribution in [2.75, 3.05) is 16.4 Å². The molecule has 0 fully saturated rings.